The minimum absolute atomic E-state index is 0.0493. The van der Waals surface area contributed by atoms with Gasteiger partial charge in [-0.25, -0.2) is 4.79 Å². The number of ether oxygens (including phenoxy) is 2. The molecule has 0 spiro atoms. The zero-order valence-electron chi connectivity index (χ0n) is 12.5. The first-order chi connectivity index (χ1) is 11.8. The Balaban J connectivity index is 1.50. The number of benzene rings is 1. The van der Waals surface area contributed by atoms with Crippen molar-refractivity contribution in [1.29, 1.82) is 5.26 Å². The van der Waals surface area contributed by atoms with Gasteiger partial charge in [0.25, 0.3) is 0 Å². The molecule has 0 atom stereocenters. The number of para-hydroxylation sites is 1. The minimum Gasteiger partial charge on any atom is -0.481 e. The molecule has 1 aromatic carbocycles. The van der Waals surface area contributed by atoms with Crippen LogP contribution in [0.3, 0.4) is 0 Å². The molecule has 2 heterocycles. The first-order valence-electron chi connectivity index (χ1n) is 7.03. The molecule has 0 aliphatic rings. The highest BCUT2D eigenvalue weighted by Crippen LogP contribution is 2.21. The standard InChI is InChI=1S/C17H12N2O5/c18-9-12-4-1-2-5-14(12)22-11-17(20)23-10-13-8-16(24-19-13)15-6-3-7-21-15/h1-8H,10-11H2. The molecule has 24 heavy (non-hydrogen) atoms. The van der Waals surface area contributed by atoms with Crippen molar-refractivity contribution >= 4 is 5.97 Å². The monoisotopic (exact) mass is 324 g/mol. The molecule has 0 amide bonds. The summed E-state index contributed by atoms with van der Waals surface area (Å²) in [6.07, 6.45) is 1.52. The van der Waals surface area contributed by atoms with E-state index in [1.165, 1.54) is 6.26 Å². The lowest BCUT2D eigenvalue weighted by atomic mass is 10.2. The first kappa shape index (κ1) is 15.4. The second-order valence-electron chi connectivity index (χ2n) is 4.72. The van der Waals surface area contributed by atoms with Gasteiger partial charge < -0.3 is 18.4 Å². The Morgan fingerprint density at radius 3 is 2.88 bits per heavy atom. The number of furan rings is 1. The van der Waals surface area contributed by atoms with Crippen molar-refractivity contribution < 1.29 is 23.2 Å². The van der Waals surface area contributed by atoms with E-state index in [1.54, 1.807) is 42.5 Å². The molecule has 3 aromatic rings. The number of rotatable bonds is 6. The zero-order chi connectivity index (χ0) is 16.8. The van der Waals surface area contributed by atoms with Gasteiger partial charge in [-0.05, 0) is 24.3 Å². The van der Waals surface area contributed by atoms with Crippen LogP contribution in [0.4, 0.5) is 0 Å². The first-order valence-corrected chi connectivity index (χ1v) is 7.03. The summed E-state index contributed by atoms with van der Waals surface area (Å²) in [7, 11) is 0. The van der Waals surface area contributed by atoms with Crippen molar-refractivity contribution in [3.05, 3.63) is 60.0 Å². The summed E-state index contributed by atoms with van der Waals surface area (Å²) in [5.41, 5.74) is 0.803. The lowest BCUT2D eigenvalue weighted by Crippen LogP contribution is -2.15. The molecule has 0 N–H and O–H groups in total. The summed E-state index contributed by atoms with van der Waals surface area (Å²) in [6.45, 7) is -0.353. The molecule has 0 radical (unpaired) electrons. The molecular weight excluding hydrogens is 312 g/mol. The van der Waals surface area contributed by atoms with Crippen molar-refractivity contribution in [2.24, 2.45) is 0 Å². The minimum atomic E-state index is -0.578. The summed E-state index contributed by atoms with van der Waals surface area (Å²) in [5.74, 6) is 0.741. The van der Waals surface area contributed by atoms with E-state index in [2.05, 4.69) is 5.16 Å². The SMILES string of the molecule is N#Cc1ccccc1OCC(=O)OCc1cc(-c2ccco2)on1. The third-order valence-corrected chi connectivity index (χ3v) is 3.06. The van der Waals surface area contributed by atoms with E-state index < -0.39 is 5.97 Å². The van der Waals surface area contributed by atoms with Gasteiger partial charge in [0.2, 0.25) is 5.76 Å². The van der Waals surface area contributed by atoms with Gasteiger partial charge in [0.05, 0.1) is 11.8 Å². The summed E-state index contributed by atoms with van der Waals surface area (Å²) < 4.78 is 20.6. The molecule has 0 saturated carbocycles. The number of hydrogen-bond donors (Lipinski definition) is 0. The van der Waals surface area contributed by atoms with Crippen LogP contribution in [0.5, 0.6) is 5.75 Å². The van der Waals surface area contributed by atoms with E-state index in [-0.39, 0.29) is 13.2 Å². The topological polar surface area (TPSA) is 98.5 Å². The van der Waals surface area contributed by atoms with Crippen molar-refractivity contribution in [2.75, 3.05) is 6.61 Å². The van der Waals surface area contributed by atoms with Crippen molar-refractivity contribution in [3.8, 4) is 23.3 Å². The lowest BCUT2D eigenvalue weighted by Gasteiger charge is -2.07. The molecule has 0 bridgehead atoms. The van der Waals surface area contributed by atoms with Gasteiger partial charge in [0.15, 0.2) is 12.4 Å². The molecule has 0 fully saturated rings. The molecule has 0 aliphatic carbocycles. The van der Waals surface area contributed by atoms with Gasteiger partial charge >= 0.3 is 5.97 Å². The highest BCUT2D eigenvalue weighted by molar-refractivity contribution is 5.71. The van der Waals surface area contributed by atoms with Crippen LogP contribution in [-0.2, 0) is 16.1 Å². The fraction of sp³-hybridized carbons (Fsp3) is 0.118. The number of esters is 1. The number of hydrogen-bond acceptors (Lipinski definition) is 7. The molecular formula is C17H12N2O5. The summed E-state index contributed by atoms with van der Waals surface area (Å²) in [6, 6.07) is 13.7. The predicted octanol–water partition coefficient (Wildman–Crippen LogP) is 2.93. The van der Waals surface area contributed by atoms with Crippen molar-refractivity contribution in [3.63, 3.8) is 0 Å². The van der Waals surface area contributed by atoms with E-state index in [4.69, 9.17) is 23.7 Å². The van der Waals surface area contributed by atoms with Gasteiger partial charge in [-0.15, -0.1) is 0 Å². The fourth-order valence-electron chi connectivity index (χ4n) is 1.93. The van der Waals surface area contributed by atoms with Gasteiger partial charge in [-0.3, -0.25) is 0 Å². The van der Waals surface area contributed by atoms with E-state index in [1.807, 2.05) is 6.07 Å². The molecule has 0 unspecified atom stereocenters. The van der Waals surface area contributed by atoms with E-state index >= 15 is 0 Å². The summed E-state index contributed by atoms with van der Waals surface area (Å²) in [5, 5.41) is 12.7. The Morgan fingerprint density at radius 2 is 2.08 bits per heavy atom. The Morgan fingerprint density at radius 1 is 1.21 bits per heavy atom. The van der Waals surface area contributed by atoms with Crippen LogP contribution in [0, 0.1) is 11.3 Å². The van der Waals surface area contributed by atoms with Gasteiger partial charge in [0.1, 0.15) is 24.1 Å². The Labute approximate surface area is 137 Å². The molecule has 7 heteroatoms. The normalized spacial score (nSPS) is 10.1. The fourth-order valence-corrected chi connectivity index (χ4v) is 1.93. The second kappa shape index (κ2) is 7.15. The van der Waals surface area contributed by atoms with Crippen LogP contribution in [0.15, 0.2) is 57.7 Å². The average molecular weight is 324 g/mol. The largest absolute Gasteiger partial charge is 0.481 e. The van der Waals surface area contributed by atoms with Crippen molar-refractivity contribution in [1.82, 2.24) is 5.16 Å². The highest BCUT2D eigenvalue weighted by Gasteiger charge is 2.12. The Bertz CT molecular complexity index is 861. The second-order valence-corrected chi connectivity index (χ2v) is 4.72. The number of nitriles is 1. The van der Waals surface area contributed by atoms with Crippen LogP contribution < -0.4 is 4.74 Å². The molecule has 120 valence electrons. The van der Waals surface area contributed by atoms with Crippen LogP contribution in [-0.4, -0.2) is 17.7 Å². The quantitative estimate of drug-likeness (QED) is 0.643. The highest BCUT2D eigenvalue weighted by atomic mass is 16.6. The van der Waals surface area contributed by atoms with E-state index in [0.29, 0.717) is 28.5 Å². The number of carbonyl (C=O) groups excluding carboxylic acids is 1. The maximum atomic E-state index is 11.7. The third kappa shape index (κ3) is 3.62. The van der Waals surface area contributed by atoms with E-state index in [0.717, 1.165) is 0 Å². The van der Waals surface area contributed by atoms with Crippen LogP contribution in [0.25, 0.3) is 11.5 Å². The van der Waals surface area contributed by atoms with Crippen LogP contribution >= 0.6 is 0 Å². The van der Waals surface area contributed by atoms with E-state index in [9.17, 15) is 4.79 Å². The maximum absolute atomic E-state index is 11.7. The zero-order valence-corrected chi connectivity index (χ0v) is 12.5. The lowest BCUT2D eigenvalue weighted by molar-refractivity contribution is -0.147. The molecule has 7 nitrogen and oxygen atoms in total. The molecule has 3 rings (SSSR count). The van der Waals surface area contributed by atoms with Crippen LogP contribution in [0.2, 0.25) is 0 Å². The average Bonchev–Trinajstić information content (AvgIpc) is 3.29. The summed E-state index contributed by atoms with van der Waals surface area (Å²) in [4.78, 5) is 11.7. The number of carbonyl (C=O) groups is 1. The van der Waals surface area contributed by atoms with Crippen LogP contribution in [0.1, 0.15) is 11.3 Å². The van der Waals surface area contributed by atoms with Crippen molar-refractivity contribution in [2.45, 2.75) is 6.61 Å². The van der Waals surface area contributed by atoms with Gasteiger partial charge in [-0.2, -0.15) is 5.26 Å². The smallest absolute Gasteiger partial charge is 0.344 e. The molecule has 2 aromatic heterocycles. The Hall–Kier alpha value is -3.53. The number of nitrogens with zero attached hydrogens (tertiary/aromatic N) is 2. The molecule has 0 saturated heterocycles. The number of aromatic nitrogens is 1. The third-order valence-electron chi connectivity index (χ3n) is 3.06. The van der Waals surface area contributed by atoms with Gasteiger partial charge in [0, 0.05) is 6.07 Å². The van der Waals surface area contributed by atoms with Gasteiger partial charge in [-0.1, -0.05) is 17.3 Å². The molecule has 0 aliphatic heterocycles. The Kier molecular flexibility index (Phi) is 4.58. The maximum Gasteiger partial charge on any atom is 0.344 e. The summed E-state index contributed by atoms with van der Waals surface area (Å²) >= 11 is 0. The predicted molar refractivity (Wildman–Crippen MR) is 80.7 cm³/mol.